The van der Waals surface area contributed by atoms with Crippen molar-refractivity contribution in [2.45, 2.75) is 6.42 Å². The summed E-state index contributed by atoms with van der Waals surface area (Å²) in [6.45, 7) is 0.510. The fraction of sp³-hybridized carbons (Fsp3) is 0.300. The molecule has 7 heteroatoms. The number of anilines is 1. The quantitative estimate of drug-likeness (QED) is 0.682. The molecule has 0 atom stereocenters. The van der Waals surface area contributed by atoms with Crippen molar-refractivity contribution in [3.05, 3.63) is 24.3 Å². The molecule has 0 spiro atoms. The number of rotatable bonds is 5. The number of aromatic amines is 1. The number of primary sulfonamides is 1. The number of nitrogens with one attached hydrogen (secondary N) is 2. The Balaban J connectivity index is 1.91. The molecule has 0 radical (unpaired) electrons. The summed E-state index contributed by atoms with van der Waals surface area (Å²) in [7, 11) is -3.37. The first-order valence-corrected chi connectivity index (χ1v) is 6.95. The van der Waals surface area contributed by atoms with E-state index in [9.17, 15) is 8.42 Å². The number of imidazole rings is 1. The van der Waals surface area contributed by atoms with Crippen LogP contribution in [0.3, 0.4) is 0 Å². The SMILES string of the molecule is NS(=O)(=O)CCCNc1nc2ccccc2[nH]1. The maximum absolute atomic E-state index is 10.7. The lowest BCUT2D eigenvalue weighted by molar-refractivity contribution is 0.595. The molecule has 0 fully saturated rings. The molecule has 1 aromatic heterocycles. The van der Waals surface area contributed by atoms with Crippen LogP contribution in [0.2, 0.25) is 0 Å². The zero-order valence-corrected chi connectivity index (χ0v) is 10.00. The third-order valence-corrected chi connectivity index (χ3v) is 3.15. The van der Waals surface area contributed by atoms with Crippen LogP contribution in [0, 0.1) is 0 Å². The lowest BCUT2D eigenvalue weighted by atomic mass is 10.3. The molecule has 2 rings (SSSR count). The van der Waals surface area contributed by atoms with Gasteiger partial charge in [0.15, 0.2) is 0 Å². The number of nitrogens with zero attached hydrogens (tertiary/aromatic N) is 1. The van der Waals surface area contributed by atoms with Crippen molar-refractivity contribution in [3.8, 4) is 0 Å². The maximum Gasteiger partial charge on any atom is 0.209 e. The molecule has 0 saturated carbocycles. The molecule has 2 aromatic rings. The molecule has 0 aliphatic heterocycles. The first-order chi connectivity index (χ1) is 8.04. The van der Waals surface area contributed by atoms with E-state index < -0.39 is 10.0 Å². The van der Waals surface area contributed by atoms with E-state index in [1.54, 1.807) is 0 Å². The Labute approximate surface area is 99.3 Å². The van der Waals surface area contributed by atoms with Crippen LogP contribution in [-0.4, -0.2) is 30.7 Å². The predicted molar refractivity (Wildman–Crippen MR) is 67.2 cm³/mol. The Morgan fingerprint density at radius 2 is 2.12 bits per heavy atom. The standard InChI is InChI=1S/C10H14N4O2S/c11-17(15,16)7-3-6-12-10-13-8-4-1-2-5-9(8)14-10/h1-2,4-5H,3,6-7H2,(H2,11,15,16)(H2,12,13,14). The van der Waals surface area contributed by atoms with Crippen LogP contribution >= 0.6 is 0 Å². The van der Waals surface area contributed by atoms with Gasteiger partial charge in [-0.05, 0) is 18.6 Å². The van der Waals surface area contributed by atoms with Gasteiger partial charge in [0.25, 0.3) is 0 Å². The molecule has 92 valence electrons. The Morgan fingerprint density at radius 1 is 1.35 bits per heavy atom. The zero-order valence-electron chi connectivity index (χ0n) is 9.18. The number of fused-ring (bicyclic) bond motifs is 1. The highest BCUT2D eigenvalue weighted by atomic mass is 32.2. The topological polar surface area (TPSA) is 101 Å². The van der Waals surface area contributed by atoms with Crippen LogP contribution in [0.5, 0.6) is 0 Å². The number of aromatic nitrogens is 2. The van der Waals surface area contributed by atoms with Gasteiger partial charge in [0, 0.05) is 6.54 Å². The molecule has 4 N–H and O–H groups in total. The van der Waals surface area contributed by atoms with E-state index >= 15 is 0 Å². The average Bonchev–Trinajstić information content (AvgIpc) is 2.65. The molecular formula is C10H14N4O2S. The summed E-state index contributed by atoms with van der Waals surface area (Å²) in [5, 5.41) is 7.92. The van der Waals surface area contributed by atoms with E-state index in [0.29, 0.717) is 18.9 Å². The summed E-state index contributed by atoms with van der Waals surface area (Å²) < 4.78 is 21.4. The second-order valence-electron chi connectivity index (χ2n) is 3.75. The summed E-state index contributed by atoms with van der Waals surface area (Å²) in [5.41, 5.74) is 1.82. The summed E-state index contributed by atoms with van der Waals surface area (Å²) in [6, 6.07) is 7.67. The molecule has 0 aliphatic carbocycles. The van der Waals surface area contributed by atoms with Gasteiger partial charge in [-0.25, -0.2) is 18.5 Å². The van der Waals surface area contributed by atoms with Crippen LogP contribution < -0.4 is 10.5 Å². The number of H-pyrrole nitrogens is 1. The maximum atomic E-state index is 10.7. The third-order valence-electron chi connectivity index (χ3n) is 2.29. The largest absolute Gasteiger partial charge is 0.356 e. The number of para-hydroxylation sites is 2. The summed E-state index contributed by atoms with van der Waals surface area (Å²) in [4.78, 5) is 7.39. The minimum atomic E-state index is -3.37. The molecule has 0 saturated heterocycles. The molecule has 1 aromatic carbocycles. The minimum absolute atomic E-state index is 0.0276. The number of benzene rings is 1. The molecule has 0 bridgehead atoms. The van der Waals surface area contributed by atoms with Gasteiger partial charge < -0.3 is 10.3 Å². The fourth-order valence-corrected chi connectivity index (χ4v) is 2.06. The van der Waals surface area contributed by atoms with Crippen molar-refractivity contribution in [1.82, 2.24) is 9.97 Å². The summed E-state index contributed by atoms with van der Waals surface area (Å²) >= 11 is 0. The van der Waals surface area contributed by atoms with Crippen molar-refractivity contribution in [1.29, 1.82) is 0 Å². The van der Waals surface area contributed by atoms with Crippen LogP contribution in [0.15, 0.2) is 24.3 Å². The van der Waals surface area contributed by atoms with Crippen molar-refractivity contribution < 1.29 is 8.42 Å². The fourth-order valence-electron chi connectivity index (χ4n) is 1.52. The van der Waals surface area contributed by atoms with Crippen molar-refractivity contribution >= 4 is 27.0 Å². The molecule has 0 amide bonds. The van der Waals surface area contributed by atoms with Crippen LogP contribution in [0.1, 0.15) is 6.42 Å². The van der Waals surface area contributed by atoms with Crippen LogP contribution in [0.25, 0.3) is 11.0 Å². The molecule has 0 unspecified atom stereocenters. The van der Waals surface area contributed by atoms with E-state index in [2.05, 4.69) is 15.3 Å². The lowest BCUT2D eigenvalue weighted by Crippen LogP contribution is -2.18. The van der Waals surface area contributed by atoms with Crippen molar-refractivity contribution in [2.24, 2.45) is 5.14 Å². The van der Waals surface area contributed by atoms with E-state index in [4.69, 9.17) is 5.14 Å². The third kappa shape index (κ3) is 3.43. The van der Waals surface area contributed by atoms with E-state index in [1.807, 2.05) is 24.3 Å². The van der Waals surface area contributed by atoms with Crippen molar-refractivity contribution in [3.63, 3.8) is 0 Å². The van der Waals surface area contributed by atoms with Crippen LogP contribution in [-0.2, 0) is 10.0 Å². The Morgan fingerprint density at radius 3 is 2.82 bits per heavy atom. The number of hydrogen-bond donors (Lipinski definition) is 3. The molecular weight excluding hydrogens is 240 g/mol. The highest BCUT2D eigenvalue weighted by Gasteiger charge is 2.03. The van der Waals surface area contributed by atoms with E-state index in [1.165, 1.54) is 0 Å². The van der Waals surface area contributed by atoms with Gasteiger partial charge in [-0.2, -0.15) is 0 Å². The van der Waals surface area contributed by atoms with Gasteiger partial charge in [0.05, 0.1) is 16.8 Å². The van der Waals surface area contributed by atoms with Gasteiger partial charge in [-0.3, -0.25) is 0 Å². The average molecular weight is 254 g/mol. The van der Waals surface area contributed by atoms with Crippen LogP contribution in [0.4, 0.5) is 5.95 Å². The van der Waals surface area contributed by atoms with Gasteiger partial charge in [0.2, 0.25) is 16.0 Å². The van der Waals surface area contributed by atoms with Gasteiger partial charge >= 0.3 is 0 Å². The van der Waals surface area contributed by atoms with E-state index in [-0.39, 0.29) is 5.75 Å². The van der Waals surface area contributed by atoms with Crippen molar-refractivity contribution in [2.75, 3.05) is 17.6 Å². The predicted octanol–water partition coefficient (Wildman–Crippen LogP) is 0.653. The first-order valence-electron chi connectivity index (χ1n) is 5.24. The van der Waals surface area contributed by atoms with Gasteiger partial charge in [-0.15, -0.1) is 0 Å². The lowest BCUT2D eigenvalue weighted by Gasteiger charge is -2.01. The van der Waals surface area contributed by atoms with Gasteiger partial charge in [0.1, 0.15) is 0 Å². The zero-order chi connectivity index (χ0) is 12.3. The summed E-state index contributed by atoms with van der Waals surface area (Å²) in [6.07, 6.45) is 0.454. The Hall–Kier alpha value is -1.60. The van der Waals surface area contributed by atoms with Gasteiger partial charge in [-0.1, -0.05) is 12.1 Å². The normalized spacial score (nSPS) is 11.8. The molecule has 17 heavy (non-hydrogen) atoms. The Kier molecular flexibility index (Phi) is 3.30. The Bertz CT molecular complexity index is 573. The second-order valence-corrected chi connectivity index (χ2v) is 5.48. The number of hydrogen-bond acceptors (Lipinski definition) is 4. The number of nitrogens with two attached hydrogens (primary N) is 1. The molecule has 1 heterocycles. The molecule has 6 nitrogen and oxygen atoms in total. The highest BCUT2D eigenvalue weighted by molar-refractivity contribution is 7.89. The van der Waals surface area contributed by atoms with E-state index in [0.717, 1.165) is 11.0 Å². The number of sulfonamides is 1. The first kappa shape index (κ1) is 11.9. The summed E-state index contributed by atoms with van der Waals surface area (Å²) in [5.74, 6) is 0.612. The highest BCUT2D eigenvalue weighted by Crippen LogP contribution is 2.12. The minimum Gasteiger partial charge on any atom is -0.356 e. The molecule has 0 aliphatic rings. The monoisotopic (exact) mass is 254 g/mol. The smallest absolute Gasteiger partial charge is 0.209 e. The second kappa shape index (κ2) is 4.72.